The molecule has 0 spiro atoms. The minimum absolute atomic E-state index is 0.0196. The lowest BCUT2D eigenvalue weighted by molar-refractivity contribution is -0.385. The molecule has 0 aliphatic carbocycles. The molecule has 2 rings (SSSR count). The van der Waals surface area contributed by atoms with Crippen LogP contribution in [-0.2, 0) is 5.75 Å². The van der Waals surface area contributed by atoms with Crippen LogP contribution >= 0.6 is 11.8 Å². The van der Waals surface area contributed by atoms with Crippen molar-refractivity contribution < 1.29 is 9.31 Å². The summed E-state index contributed by atoms with van der Waals surface area (Å²) in [5.41, 5.74) is 1.39. The van der Waals surface area contributed by atoms with E-state index in [1.54, 1.807) is 25.1 Å². The summed E-state index contributed by atoms with van der Waals surface area (Å²) in [5.74, 6) is 0.378. The summed E-state index contributed by atoms with van der Waals surface area (Å²) in [6.07, 6.45) is 0. The lowest BCUT2D eigenvalue weighted by Crippen LogP contribution is -1.95. The monoisotopic (exact) mass is 278 g/mol. The first-order chi connectivity index (χ1) is 9.06. The van der Waals surface area contributed by atoms with E-state index < -0.39 is 4.92 Å². The van der Waals surface area contributed by atoms with E-state index in [2.05, 4.69) is 4.98 Å². The summed E-state index contributed by atoms with van der Waals surface area (Å²) in [7, 11) is 0. The van der Waals surface area contributed by atoms with Gasteiger partial charge < -0.3 is 0 Å². The largest absolute Gasteiger partial charge is 0.290 e. The summed E-state index contributed by atoms with van der Waals surface area (Å²) in [5, 5.41) is 11.4. The second kappa shape index (κ2) is 5.79. The third-order valence-corrected chi connectivity index (χ3v) is 3.53. The quantitative estimate of drug-likeness (QED) is 0.486. The molecule has 1 aromatic carbocycles. The highest BCUT2D eigenvalue weighted by molar-refractivity contribution is 7.98. The normalized spacial score (nSPS) is 10.4. The van der Waals surface area contributed by atoms with Crippen molar-refractivity contribution in [3.05, 3.63) is 63.6 Å². The number of thioether (sulfide) groups is 1. The molecule has 0 unspecified atom stereocenters. The van der Waals surface area contributed by atoms with Gasteiger partial charge in [-0.2, -0.15) is 0 Å². The standard InChI is InChI=1S/C13H11FN2O2S/c1-9-12(16(17)18)6-7-13(15-9)19-8-10-2-4-11(14)5-3-10/h2-7H,8H2,1H3. The predicted molar refractivity (Wildman–Crippen MR) is 71.6 cm³/mol. The Morgan fingerprint density at radius 3 is 2.53 bits per heavy atom. The maximum absolute atomic E-state index is 12.7. The van der Waals surface area contributed by atoms with Crippen LogP contribution < -0.4 is 0 Å². The highest BCUT2D eigenvalue weighted by Crippen LogP contribution is 2.24. The first kappa shape index (κ1) is 13.5. The second-order valence-electron chi connectivity index (χ2n) is 3.93. The molecule has 0 fully saturated rings. The zero-order valence-electron chi connectivity index (χ0n) is 10.2. The zero-order chi connectivity index (χ0) is 13.8. The summed E-state index contributed by atoms with van der Waals surface area (Å²) >= 11 is 1.46. The SMILES string of the molecule is Cc1nc(SCc2ccc(F)cc2)ccc1[N+](=O)[O-]. The van der Waals surface area contributed by atoms with Gasteiger partial charge in [0.05, 0.1) is 9.95 Å². The highest BCUT2D eigenvalue weighted by atomic mass is 32.2. The Bertz CT molecular complexity index is 602. The van der Waals surface area contributed by atoms with Gasteiger partial charge in [-0.25, -0.2) is 9.37 Å². The number of hydrogen-bond acceptors (Lipinski definition) is 4. The molecule has 0 saturated carbocycles. The number of aryl methyl sites for hydroxylation is 1. The number of nitrogens with zero attached hydrogens (tertiary/aromatic N) is 2. The van der Waals surface area contributed by atoms with E-state index in [1.165, 1.54) is 30.0 Å². The Morgan fingerprint density at radius 1 is 1.26 bits per heavy atom. The van der Waals surface area contributed by atoms with Crippen LogP contribution in [-0.4, -0.2) is 9.91 Å². The van der Waals surface area contributed by atoms with Crippen LogP contribution in [0.4, 0.5) is 10.1 Å². The van der Waals surface area contributed by atoms with Crippen LogP contribution in [0.15, 0.2) is 41.4 Å². The van der Waals surface area contributed by atoms with Gasteiger partial charge in [0, 0.05) is 11.8 Å². The van der Waals surface area contributed by atoms with E-state index in [1.807, 2.05) is 0 Å². The van der Waals surface area contributed by atoms with Crippen molar-refractivity contribution in [1.82, 2.24) is 4.98 Å². The molecule has 98 valence electrons. The first-order valence-corrected chi connectivity index (χ1v) is 6.54. The van der Waals surface area contributed by atoms with Gasteiger partial charge in [0.25, 0.3) is 5.69 Å². The van der Waals surface area contributed by atoms with E-state index in [4.69, 9.17) is 0 Å². The average Bonchev–Trinajstić information content (AvgIpc) is 2.37. The molecule has 0 N–H and O–H groups in total. The summed E-state index contributed by atoms with van der Waals surface area (Å²) in [6, 6.07) is 9.31. The average molecular weight is 278 g/mol. The number of halogens is 1. The van der Waals surface area contributed by atoms with Gasteiger partial charge in [0.1, 0.15) is 11.5 Å². The van der Waals surface area contributed by atoms with E-state index in [-0.39, 0.29) is 11.5 Å². The molecule has 1 aromatic heterocycles. The van der Waals surface area contributed by atoms with Crippen LogP contribution in [0.3, 0.4) is 0 Å². The number of rotatable bonds is 4. The van der Waals surface area contributed by atoms with Crippen LogP contribution in [0.2, 0.25) is 0 Å². The fraction of sp³-hybridized carbons (Fsp3) is 0.154. The van der Waals surface area contributed by atoms with Gasteiger partial charge in [-0.15, -0.1) is 11.8 Å². The Balaban J connectivity index is 2.06. The predicted octanol–water partition coefficient (Wildman–Crippen LogP) is 3.73. The summed E-state index contributed by atoms with van der Waals surface area (Å²) in [6.45, 7) is 1.61. The van der Waals surface area contributed by atoms with Gasteiger partial charge in [0.2, 0.25) is 0 Å². The fourth-order valence-corrected chi connectivity index (χ4v) is 2.41. The lowest BCUT2D eigenvalue weighted by atomic mass is 10.2. The first-order valence-electron chi connectivity index (χ1n) is 5.55. The minimum atomic E-state index is -0.448. The molecule has 1 heterocycles. The molecule has 6 heteroatoms. The van der Waals surface area contributed by atoms with Crippen molar-refractivity contribution in [3.63, 3.8) is 0 Å². The maximum Gasteiger partial charge on any atom is 0.290 e. The van der Waals surface area contributed by atoms with E-state index in [0.717, 1.165) is 5.56 Å². The van der Waals surface area contributed by atoms with E-state index in [0.29, 0.717) is 16.5 Å². The van der Waals surface area contributed by atoms with E-state index >= 15 is 0 Å². The number of aromatic nitrogens is 1. The third kappa shape index (κ3) is 3.51. The molecule has 19 heavy (non-hydrogen) atoms. The molecule has 2 aromatic rings. The van der Waals surface area contributed by atoms with Gasteiger partial charge in [0.15, 0.2) is 0 Å². The van der Waals surface area contributed by atoms with Crippen molar-refractivity contribution in [1.29, 1.82) is 0 Å². The van der Waals surface area contributed by atoms with Crippen molar-refractivity contribution in [2.75, 3.05) is 0 Å². The Hall–Kier alpha value is -1.95. The summed E-state index contributed by atoms with van der Waals surface area (Å²) < 4.78 is 12.7. The second-order valence-corrected chi connectivity index (χ2v) is 4.92. The van der Waals surface area contributed by atoms with Crippen LogP contribution in [0.5, 0.6) is 0 Å². The van der Waals surface area contributed by atoms with Gasteiger partial charge >= 0.3 is 0 Å². The van der Waals surface area contributed by atoms with E-state index in [9.17, 15) is 14.5 Å². The molecule has 0 saturated heterocycles. The molecule has 0 bridgehead atoms. The maximum atomic E-state index is 12.7. The molecular formula is C13H11FN2O2S. The molecular weight excluding hydrogens is 267 g/mol. The molecule has 0 aliphatic rings. The molecule has 0 amide bonds. The number of hydrogen-bond donors (Lipinski definition) is 0. The van der Waals surface area contributed by atoms with Crippen LogP contribution in [0.1, 0.15) is 11.3 Å². The zero-order valence-corrected chi connectivity index (χ0v) is 11.0. The number of pyridine rings is 1. The smallest absolute Gasteiger partial charge is 0.258 e. The van der Waals surface area contributed by atoms with Crippen molar-refractivity contribution in [2.45, 2.75) is 17.7 Å². The minimum Gasteiger partial charge on any atom is -0.258 e. The highest BCUT2D eigenvalue weighted by Gasteiger charge is 2.11. The lowest BCUT2D eigenvalue weighted by Gasteiger charge is -2.03. The molecule has 0 aliphatic heterocycles. The number of benzene rings is 1. The van der Waals surface area contributed by atoms with Crippen molar-refractivity contribution in [2.24, 2.45) is 0 Å². The molecule has 0 radical (unpaired) electrons. The van der Waals surface area contributed by atoms with Crippen molar-refractivity contribution in [3.8, 4) is 0 Å². The fourth-order valence-electron chi connectivity index (χ4n) is 1.54. The third-order valence-electron chi connectivity index (χ3n) is 2.53. The molecule has 4 nitrogen and oxygen atoms in total. The molecule has 0 atom stereocenters. The van der Waals surface area contributed by atoms with Crippen molar-refractivity contribution >= 4 is 17.4 Å². The Labute approximate surface area is 113 Å². The van der Waals surface area contributed by atoms with Gasteiger partial charge in [-0.05, 0) is 30.7 Å². The number of nitro groups is 1. The Kier molecular flexibility index (Phi) is 4.11. The van der Waals surface area contributed by atoms with Gasteiger partial charge in [-0.3, -0.25) is 10.1 Å². The van der Waals surface area contributed by atoms with Crippen LogP contribution in [0.25, 0.3) is 0 Å². The summed E-state index contributed by atoms with van der Waals surface area (Å²) in [4.78, 5) is 14.4. The van der Waals surface area contributed by atoms with Gasteiger partial charge in [-0.1, -0.05) is 12.1 Å². The Morgan fingerprint density at radius 2 is 1.95 bits per heavy atom. The topological polar surface area (TPSA) is 56.0 Å². The van der Waals surface area contributed by atoms with Crippen LogP contribution in [0, 0.1) is 22.9 Å².